The lowest BCUT2D eigenvalue weighted by Crippen LogP contribution is -2.54. The first-order valence-corrected chi connectivity index (χ1v) is 10.6. The summed E-state index contributed by atoms with van der Waals surface area (Å²) in [5, 5.41) is 6.75. The van der Waals surface area contributed by atoms with Crippen LogP contribution in [-0.2, 0) is 4.79 Å². The lowest BCUT2D eigenvalue weighted by Gasteiger charge is -2.36. The van der Waals surface area contributed by atoms with Gasteiger partial charge >= 0.3 is 0 Å². The molecule has 7 heteroatoms. The van der Waals surface area contributed by atoms with Crippen molar-refractivity contribution in [3.05, 3.63) is 0 Å². The van der Waals surface area contributed by atoms with Gasteiger partial charge in [-0.25, -0.2) is 15.2 Å². The van der Waals surface area contributed by atoms with Crippen LogP contribution in [0.4, 0.5) is 4.39 Å². The molecule has 0 aromatic rings. The third kappa shape index (κ3) is 4.55. The van der Waals surface area contributed by atoms with Crippen molar-refractivity contribution in [1.29, 1.82) is 0 Å². The van der Waals surface area contributed by atoms with E-state index >= 15 is 0 Å². The molecule has 3 aliphatic heterocycles. The molecular weight excluding hydrogens is 333 g/mol. The van der Waals surface area contributed by atoms with Gasteiger partial charge in [0.1, 0.15) is 6.17 Å². The predicted octanol–water partition coefficient (Wildman–Crippen LogP) is 1.45. The van der Waals surface area contributed by atoms with Crippen LogP contribution >= 0.6 is 0 Å². The van der Waals surface area contributed by atoms with Crippen LogP contribution in [-0.4, -0.2) is 49.1 Å². The number of nitrogens with one attached hydrogen (secondary N) is 4. The number of rotatable bonds is 4. The number of hydrogen-bond acceptors (Lipinski definition) is 5. The first kappa shape index (κ1) is 18.6. The van der Waals surface area contributed by atoms with Gasteiger partial charge in [-0.05, 0) is 63.3 Å². The van der Waals surface area contributed by atoms with E-state index in [2.05, 4.69) is 26.4 Å². The molecule has 0 bridgehead atoms. The molecule has 4 rings (SSSR count). The topological polar surface area (TPSA) is 68.4 Å². The number of fused-ring (bicyclic) bond motifs is 1. The normalized spacial score (nSPS) is 41.6. The van der Waals surface area contributed by atoms with Gasteiger partial charge in [0, 0.05) is 12.5 Å². The average Bonchev–Trinajstić information content (AvgIpc) is 3.11. The Balaban J connectivity index is 1.17. The number of piperidine rings is 2. The van der Waals surface area contributed by atoms with Crippen molar-refractivity contribution in [3.8, 4) is 0 Å². The Labute approximate surface area is 156 Å². The molecule has 4 N–H and O–H groups in total. The molecule has 6 unspecified atom stereocenters. The van der Waals surface area contributed by atoms with Crippen LogP contribution in [0.25, 0.3) is 0 Å². The van der Waals surface area contributed by atoms with Crippen molar-refractivity contribution in [3.63, 3.8) is 0 Å². The quantitative estimate of drug-likeness (QED) is 0.606. The van der Waals surface area contributed by atoms with E-state index in [0.717, 1.165) is 71.1 Å². The van der Waals surface area contributed by atoms with Gasteiger partial charge in [0.15, 0.2) is 0 Å². The lowest BCUT2D eigenvalue weighted by atomic mass is 9.80. The Hall–Kier alpha value is -0.760. The summed E-state index contributed by atoms with van der Waals surface area (Å²) >= 11 is 0. The molecule has 3 saturated heterocycles. The highest BCUT2D eigenvalue weighted by molar-refractivity contribution is 5.79. The summed E-state index contributed by atoms with van der Waals surface area (Å²) in [5.74, 6) is 1.50. The van der Waals surface area contributed by atoms with E-state index < -0.39 is 6.17 Å². The smallest absolute Gasteiger partial charge is 0.224 e. The Morgan fingerprint density at radius 2 is 2.04 bits per heavy atom. The van der Waals surface area contributed by atoms with Gasteiger partial charge in [-0.1, -0.05) is 12.8 Å². The van der Waals surface area contributed by atoms with E-state index in [1.807, 2.05) is 0 Å². The Morgan fingerprint density at radius 1 is 1.12 bits per heavy atom. The molecular formula is C19H34FN5O. The summed E-state index contributed by atoms with van der Waals surface area (Å²) in [7, 11) is 0. The average molecular weight is 368 g/mol. The molecule has 0 aromatic heterocycles. The highest BCUT2D eigenvalue weighted by atomic mass is 19.1. The van der Waals surface area contributed by atoms with Crippen molar-refractivity contribution in [2.24, 2.45) is 17.8 Å². The lowest BCUT2D eigenvalue weighted by molar-refractivity contribution is -0.128. The third-order valence-corrected chi connectivity index (χ3v) is 6.85. The van der Waals surface area contributed by atoms with E-state index in [4.69, 9.17) is 0 Å². The van der Waals surface area contributed by atoms with Crippen LogP contribution in [0.3, 0.4) is 0 Å². The summed E-state index contributed by atoms with van der Waals surface area (Å²) in [4.78, 5) is 15.0. The van der Waals surface area contributed by atoms with Crippen LogP contribution in [0.15, 0.2) is 0 Å². The molecule has 0 radical (unpaired) electrons. The molecule has 148 valence electrons. The number of carbonyl (C=O) groups is 1. The van der Waals surface area contributed by atoms with Gasteiger partial charge in [0.05, 0.1) is 19.0 Å². The summed E-state index contributed by atoms with van der Waals surface area (Å²) < 4.78 is 13.6. The summed E-state index contributed by atoms with van der Waals surface area (Å²) in [5.41, 5.74) is 6.40. The maximum Gasteiger partial charge on any atom is 0.224 e. The molecule has 1 aliphatic carbocycles. The SMILES string of the molecule is O=C(NC1CCC(CC2CCCC(F)C2)CN1)C1CCN2CNNC2C1. The zero-order valence-electron chi connectivity index (χ0n) is 15.7. The molecule has 4 fully saturated rings. The second kappa shape index (κ2) is 8.50. The first-order valence-electron chi connectivity index (χ1n) is 10.6. The fraction of sp³-hybridized carbons (Fsp3) is 0.947. The Morgan fingerprint density at radius 3 is 2.85 bits per heavy atom. The molecule has 1 saturated carbocycles. The predicted molar refractivity (Wildman–Crippen MR) is 98.5 cm³/mol. The zero-order valence-corrected chi connectivity index (χ0v) is 15.7. The molecule has 26 heavy (non-hydrogen) atoms. The van der Waals surface area contributed by atoms with Crippen molar-refractivity contribution in [1.82, 2.24) is 26.4 Å². The molecule has 1 amide bonds. The number of nitrogens with zero attached hydrogens (tertiary/aromatic N) is 1. The minimum Gasteiger partial charge on any atom is -0.341 e. The minimum absolute atomic E-state index is 0.103. The monoisotopic (exact) mass is 367 g/mol. The Bertz CT molecular complexity index is 485. The van der Waals surface area contributed by atoms with Crippen molar-refractivity contribution in [2.45, 2.75) is 76.3 Å². The molecule has 6 nitrogen and oxygen atoms in total. The third-order valence-electron chi connectivity index (χ3n) is 6.85. The van der Waals surface area contributed by atoms with Gasteiger partial charge < -0.3 is 5.32 Å². The van der Waals surface area contributed by atoms with Gasteiger partial charge in [-0.15, -0.1) is 0 Å². The molecule has 3 heterocycles. The van der Waals surface area contributed by atoms with Crippen LogP contribution in [0.5, 0.6) is 0 Å². The fourth-order valence-corrected chi connectivity index (χ4v) is 5.30. The van der Waals surface area contributed by atoms with Crippen LogP contribution in [0.2, 0.25) is 0 Å². The van der Waals surface area contributed by atoms with Gasteiger partial charge in [-0.2, -0.15) is 0 Å². The van der Waals surface area contributed by atoms with Crippen molar-refractivity contribution < 1.29 is 9.18 Å². The molecule has 6 atom stereocenters. The van der Waals surface area contributed by atoms with Crippen LogP contribution in [0, 0.1) is 17.8 Å². The summed E-state index contributed by atoms with van der Waals surface area (Å²) in [6, 6.07) is 0. The first-order chi connectivity index (χ1) is 12.7. The molecule has 0 spiro atoms. The number of hydrazine groups is 1. The number of alkyl halides is 1. The van der Waals surface area contributed by atoms with E-state index in [-0.39, 0.29) is 24.2 Å². The largest absolute Gasteiger partial charge is 0.341 e. The van der Waals surface area contributed by atoms with Gasteiger partial charge in [0.25, 0.3) is 0 Å². The fourth-order valence-electron chi connectivity index (χ4n) is 5.30. The zero-order chi connectivity index (χ0) is 17.9. The number of halogens is 1. The van der Waals surface area contributed by atoms with Crippen molar-refractivity contribution >= 4 is 5.91 Å². The van der Waals surface area contributed by atoms with E-state index in [1.54, 1.807) is 0 Å². The van der Waals surface area contributed by atoms with Gasteiger partial charge in [-0.3, -0.25) is 15.0 Å². The highest BCUT2D eigenvalue weighted by Gasteiger charge is 2.35. The second-order valence-electron chi connectivity index (χ2n) is 8.81. The maximum absolute atomic E-state index is 13.6. The second-order valence-corrected chi connectivity index (χ2v) is 8.81. The van der Waals surface area contributed by atoms with E-state index in [9.17, 15) is 9.18 Å². The highest BCUT2D eigenvalue weighted by Crippen LogP contribution is 2.33. The van der Waals surface area contributed by atoms with Crippen LogP contribution in [0.1, 0.15) is 57.8 Å². The Kier molecular flexibility index (Phi) is 6.08. The van der Waals surface area contributed by atoms with E-state index in [0.29, 0.717) is 11.8 Å². The maximum atomic E-state index is 13.6. The number of hydrogen-bond donors (Lipinski definition) is 4. The summed E-state index contributed by atoms with van der Waals surface area (Å²) in [6.45, 7) is 2.79. The van der Waals surface area contributed by atoms with Gasteiger partial charge in [0.2, 0.25) is 5.91 Å². The molecule has 0 aromatic carbocycles. The van der Waals surface area contributed by atoms with E-state index in [1.165, 1.54) is 6.42 Å². The summed E-state index contributed by atoms with van der Waals surface area (Å²) in [6.07, 6.45) is 8.67. The standard InChI is InChI=1S/C19H34FN5O/c20-16-3-1-2-13(9-16)8-14-4-5-17(21-11-14)23-19(26)15-6-7-25-12-22-24-18(25)10-15/h13-18,21-22,24H,1-12H2,(H,23,26). The molecule has 4 aliphatic rings. The van der Waals surface area contributed by atoms with Crippen LogP contribution < -0.4 is 21.5 Å². The number of carbonyl (C=O) groups excluding carboxylic acids is 1. The minimum atomic E-state index is -0.576. The number of amides is 1. The van der Waals surface area contributed by atoms with Crippen molar-refractivity contribution in [2.75, 3.05) is 19.8 Å².